The summed E-state index contributed by atoms with van der Waals surface area (Å²) < 4.78 is 19.6. The Hall–Kier alpha value is -3.42. The second-order valence-corrected chi connectivity index (χ2v) is 6.10. The third-order valence-electron chi connectivity index (χ3n) is 4.21. The van der Waals surface area contributed by atoms with Gasteiger partial charge >= 0.3 is 0 Å². The average molecular weight is 381 g/mol. The van der Waals surface area contributed by atoms with Crippen LogP contribution in [0.2, 0.25) is 0 Å². The maximum atomic E-state index is 14.5. The molecule has 0 aliphatic heterocycles. The monoisotopic (exact) mass is 381 g/mol. The van der Waals surface area contributed by atoms with Gasteiger partial charge in [0.25, 0.3) is 0 Å². The number of hydrogen-bond acceptors (Lipinski definition) is 7. The molecule has 0 aliphatic carbocycles. The number of methoxy groups -OCH3 is 1. The average Bonchev–Trinajstić information content (AvgIpc) is 2.74. The quantitative estimate of drug-likeness (QED) is 0.597. The molecule has 0 amide bonds. The van der Waals surface area contributed by atoms with Gasteiger partial charge in [0.1, 0.15) is 0 Å². The van der Waals surface area contributed by atoms with Gasteiger partial charge in [-0.3, -0.25) is 4.79 Å². The van der Waals surface area contributed by atoms with Crippen molar-refractivity contribution in [2.45, 2.75) is 26.2 Å². The van der Waals surface area contributed by atoms with Gasteiger partial charge in [-0.25, -0.2) is 14.4 Å². The summed E-state index contributed by atoms with van der Waals surface area (Å²) in [5.74, 6) is 0.0136. The number of hydrogen-bond donors (Lipinski definition) is 1. The minimum absolute atomic E-state index is 0.0519. The van der Waals surface area contributed by atoms with Crippen molar-refractivity contribution in [2.75, 3.05) is 12.4 Å². The number of nitrogens with one attached hydrogen (secondary N) is 1. The molecule has 1 N–H and O–H groups in total. The number of carbonyl (C=O) groups is 1. The standard InChI is InChI=1S/C20H20FN5O2/c1-3-17(27)15-8-14(19(21)18(9-15)28-2)5-4-13-10-22-20(23-11-13)26-16-6-7-24-25-12-16/h6-12H,3-5H2,1-2H3,(H,22,23,24,26). The molecule has 3 aromatic rings. The molecule has 7 nitrogen and oxygen atoms in total. The maximum absolute atomic E-state index is 14.5. The van der Waals surface area contributed by atoms with Crippen LogP contribution in [-0.2, 0) is 12.8 Å². The van der Waals surface area contributed by atoms with Gasteiger partial charge in [0, 0.05) is 24.4 Å². The molecule has 28 heavy (non-hydrogen) atoms. The topological polar surface area (TPSA) is 89.9 Å². The first-order valence-corrected chi connectivity index (χ1v) is 8.85. The Morgan fingerprint density at radius 1 is 1.14 bits per heavy atom. The lowest BCUT2D eigenvalue weighted by Crippen LogP contribution is -2.04. The zero-order valence-electron chi connectivity index (χ0n) is 15.6. The third kappa shape index (κ3) is 4.64. The highest BCUT2D eigenvalue weighted by Crippen LogP contribution is 2.25. The molecule has 0 saturated heterocycles. The summed E-state index contributed by atoms with van der Waals surface area (Å²) >= 11 is 0. The van der Waals surface area contributed by atoms with E-state index in [2.05, 4.69) is 25.5 Å². The van der Waals surface area contributed by atoms with Crippen molar-refractivity contribution in [3.8, 4) is 5.75 Å². The van der Waals surface area contributed by atoms with Crippen LogP contribution >= 0.6 is 0 Å². The fourth-order valence-corrected chi connectivity index (χ4v) is 2.67. The molecule has 0 spiro atoms. The minimum Gasteiger partial charge on any atom is -0.494 e. The van der Waals surface area contributed by atoms with Crippen LogP contribution in [0.3, 0.4) is 0 Å². The van der Waals surface area contributed by atoms with Crippen molar-refractivity contribution in [1.82, 2.24) is 20.2 Å². The van der Waals surface area contributed by atoms with Crippen LogP contribution < -0.4 is 10.1 Å². The number of benzene rings is 1. The Labute approximate surface area is 162 Å². The third-order valence-corrected chi connectivity index (χ3v) is 4.21. The summed E-state index contributed by atoms with van der Waals surface area (Å²) in [6.07, 6.45) is 7.77. The van der Waals surface area contributed by atoms with E-state index >= 15 is 0 Å². The molecule has 0 aliphatic rings. The number of ketones is 1. The number of Topliss-reactive ketones (excluding diaryl/α,β-unsaturated/α-hetero) is 1. The Morgan fingerprint density at radius 2 is 1.93 bits per heavy atom. The highest BCUT2D eigenvalue weighted by Gasteiger charge is 2.15. The Balaban J connectivity index is 1.70. The van der Waals surface area contributed by atoms with E-state index in [9.17, 15) is 9.18 Å². The Morgan fingerprint density at radius 3 is 2.57 bits per heavy atom. The Kier molecular flexibility index (Phi) is 6.21. The van der Waals surface area contributed by atoms with E-state index in [1.807, 2.05) is 0 Å². The van der Waals surface area contributed by atoms with E-state index in [0.717, 1.165) is 11.3 Å². The number of halogens is 1. The van der Waals surface area contributed by atoms with Crippen LogP contribution in [0.15, 0.2) is 43.0 Å². The zero-order valence-corrected chi connectivity index (χ0v) is 15.6. The predicted molar refractivity (Wildman–Crippen MR) is 102 cm³/mol. The Bertz CT molecular complexity index is 949. The number of ether oxygens (including phenoxy) is 1. The molecule has 0 fully saturated rings. The van der Waals surface area contributed by atoms with Gasteiger partial charge in [-0.2, -0.15) is 10.2 Å². The van der Waals surface area contributed by atoms with Crippen molar-refractivity contribution in [3.63, 3.8) is 0 Å². The van der Waals surface area contributed by atoms with E-state index < -0.39 is 5.82 Å². The van der Waals surface area contributed by atoms with Gasteiger partial charge in [-0.05, 0) is 42.2 Å². The molecular weight excluding hydrogens is 361 g/mol. The van der Waals surface area contributed by atoms with Gasteiger partial charge in [0.15, 0.2) is 17.3 Å². The zero-order chi connectivity index (χ0) is 19.9. The van der Waals surface area contributed by atoms with E-state index in [1.165, 1.54) is 13.2 Å². The highest BCUT2D eigenvalue weighted by atomic mass is 19.1. The van der Waals surface area contributed by atoms with Crippen molar-refractivity contribution < 1.29 is 13.9 Å². The molecular formula is C20H20FN5O2. The van der Waals surface area contributed by atoms with Crippen LogP contribution in [0.25, 0.3) is 0 Å². The molecule has 0 saturated carbocycles. The smallest absolute Gasteiger partial charge is 0.227 e. The van der Waals surface area contributed by atoms with Crippen LogP contribution in [0.4, 0.5) is 16.0 Å². The van der Waals surface area contributed by atoms with E-state index in [1.54, 1.807) is 43.8 Å². The van der Waals surface area contributed by atoms with Gasteiger partial charge < -0.3 is 10.1 Å². The van der Waals surface area contributed by atoms with Gasteiger partial charge in [-0.15, -0.1) is 0 Å². The first-order chi connectivity index (χ1) is 13.6. The van der Waals surface area contributed by atoms with E-state index in [-0.39, 0.29) is 11.5 Å². The number of aromatic nitrogens is 4. The molecule has 0 radical (unpaired) electrons. The van der Waals surface area contributed by atoms with Crippen molar-refractivity contribution in [3.05, 3.63) is 65.5 Å². The largest absolute Gasteiger partial charge is 0.494 e. The molecule has 2 aromatic heterocycles. The molecule has 0 atom stereocenters. The van der Waals surface area contributed by atoms with Crippen LogP contribution in [0, 0.1) is 5.82 Å². The van der Waals surface area contributed by atoms with Crippen molar-refractivity contribution in [2.24, 2.45) is 0 Å². The van der Waals surface area contributed by atoms with E-state index in [0.29, 0.717) is 36.3 Å². The van der Waals surface area contributed by atoms with Gasteiger partial charge in [0.2, 0.25) is 5.95 Å². The summed E-state index contributed by atoms with van der Waals surface area (Å²) in [6, 6.07) is 4.80. The van der Waals surface area contributed by atoms with Gasteiger partial charge in [-0.1, -0.05) is 6.92 Å². The molecule has 2 heterocycles. The number of anilines is 2. The molecule has 8 heteroatoms. The number of nitrogens with zero attached hydrogens (tertiary/aromatic N) is 4. The fraction of sp³-hybridized carbons (Fsp3) is 0.250. The predicted octanol–water partition coefficient (Wildman–Crippen LogP) is 3.54. The number of rotatable bonds is 8. The van der Waals surface area contributed by atoms with Crippen molar-refractivity contribution in [1.29, 1.82) is 0 Å². The number of aryl methyl sites for hydroxylation is 2. The molecule has 0 bridgehead atoms. The van der Waals surface area contributed by atoms with Crippen LogP contribution in [0.5, 0.6) is 5.75 Å². The summed E-state index contributed by atoms with van der Waals surface area (Å²) in [6.45, 7) is 1.77. The lowest BCUT2D eigenvalue weighted by Gasteiger charge is -2.11. The molecule has 0 unspecified atom stereocenters. The second kappa shape index (κ2) is 8.98. The highest BCUT2D eigenvalue weighted by molar-refractivity contribution is 5.96. The first kappa shape index (κ1) is 19.3. The molecule has 3 rings (SSSR count). The summed E-state index contributed by atoms with van der Waals surface area (Å²) in [5.41, 5.74) is 2.47. The lowest BCUT2D eigenvalue weighted by molar-refractivity contribution is 0.0987. The summed E-state index contributed by atoms with van der Waals surface area (Å²) in [4.78, 5) is 20.5. The summed E-state index contributed by atoms with van der Waals surface area (Å²) in [7, 11) is 1.39. The lowest BCUT2D eigenvalue weighted by atomic mass is 10.00. The fourth-order valence-electron chi connectivity index (χ4n) is 2.67. The van der Waals surface area contributed by atoms with Crippen LogP contribution in [0.1, 0.15) is 34.8 Å². The summed E-state index contributed by atoms with van der Waals surface area (Å²) in [5, 5.41) is 10.5. The van der Waals surface area contributed by atoms with Gasteiger partial charge in [0.05, 0.1) is 25.2 Å². The first-order valence-electron chi connectivity index (χ1n) is 8.85. The number of carbonyl (C=O) groups excluding carboxylic acids is 1. The normalized spacial score (nSPS) is 10.5. The minimum atomic E-state index is -0.445. The molecule has 1 aromatic carbocycles. The van der Waals surface area contributed by atoms with E-state index in [4.69, 9.17) is 4.74 Å². The SMILES string of the molecule is CCC(=O)c1cc(CCc2cnc(Nc3ccnnc3)nc2)c(F)c(OC)c1. The maximum Gasteiger partial charge on any atom is 0.227 e. The van der Waals surface area contributed by atoms with Crippen LogP contribution in [-0.4, -0.2) is 33.1 Å². The van der Waals surface area contributed by atoms with Crippen molar-refractivity contribution >= 4 is 17.4 Å². The second-order valence-electron chi connectivity index (χ2n) is 6.10. The molecule has 144 valence electrons.